The Hall–Kier alpha value is -3.64. The molecule has 1 amide bonds. The third kappa shape index (κ3) is 4.34. The van der Waals surface area contributed by atoms with Gasteiger partial charge in [0.25, 0.3) is 5.91 Å². The number of para-hydroxylation sites is 1. The second-order valence-corrected chi connectivity index (χ2v) is 8.84. The molecule has 164 valence electrons. The molecule has 33 heavy (non-hydrogen) atoms. The van der Waals surface area contributed by atoms with Gasteiger partial charge >= 0.3 is 0 Å². The summed E-state index contributed by atoms with van der Waals surface area (Å²) >= 11 is 3.51. The Bertz CT molecular complexity index is 1310. The van der Waals surface area contributed by atoms with Crippen LogP contribution >= 0.6 is 15.9 Å². The number of rotatable bonds is 5. The number of hydrogen-bond donors (Lipinski definition) is 2. The molecule has 1 aliphatic heterocycles. The van der Waals surface area contributed by atoms with Gasteiger partial charge in [0.05, 0.1) is 12.2 Å². The molecule has 6 heteroatoms. The van der Waals surface area contributed by atoms with Gasteiger partial charge in [0, 0.05) is 15.9 Å². The Morgan fingerprint density at radius 2 is 1.76 bits per heavy atom. The molecule has 3 aromatic carbocycles. The highest BCUT2D eigenvalue weighted by molar-refractivity contribution is 9.10. The van der Waals surface area contributed by atoms with Crippen LogP contribution in [-0.2, 0) is 6.42 Å². The second kappa shape index (κ2) is 9.08. The van der Waals surface area contributed by atoms with Gasteiger partial charge in [0.2, 0.25) is 0 Å². The van der Waals surface area contributed by atoms with Crippen LogP contribution in [0.3, 0.4) is 0 Å². The van der Waals surface area contributed by atoms with E-state index in [1.807, 2.05) is 47.1 Å². The van der Waals surface area contributed by atoms with Gasteiger partial charge in [-0.1, -0.05) is 77.5 Å². The molecule has 1 aliphatic rings. The van der Waals surface area contributed by atoms with E-state index in [9.17, 15) is 4.79 Å². The molecule has 5 rings (SSSR count). The van der Waals surface area contributed by atoms with Gasteiger partial charge in [-0.3, -0.25) is 4.79 Å². The molecule has 0 radical (unpaired) electrons. The van der Waals surface area contributed by atoms with E-state index in [1.165, 1.54) is 5.56 Å². The van der Waals surface area contributed by atoms with Crippen LogP contribution in [0.1, 0.15) is 40.0 Å². The molecule has 1 unspecified atom stereocenters. The zero-order chi connectivity index (χ0) is 22.8. The van der Waals surface area contributed by atoms with Gasteiger partial charge in [0.15, 0.2) is 0 Å². The molecule has 1 atom stereocenters. The van der Waals surface area contributed by atoms with E-state index in [4.69, 9.17) is 0 Å². The minimum atomic E-state index is -0.202. The number of benzene rings is 3. The summed E-state index contributed by atoms with van der Waals surface area (Å²) in [6.07, 6.45) is 4.78. The van der Waals surface area contributed by atoms with Crippen LogP contribution in [0, 0.1) is 0 Å². The average molecular weight is 499 g/mol. The number of aryl methyl sites for hydroxylation is 1. The predicted octanol–water partition coefficient (Wildman–Crippen LogP) is 6.52. The number of aromatic nitrogens is 2. The number of hydrogen-bond acceptors (Lipinski definition) is 3. The normalized spacial score (nSPS) is 14.7. The summed E-state index contributed by atoms with van der Waals surface area (Å²) in [7, 11) is 0. The monoisotopic (exact) mass is 498 g/mol. The Labute approximate surface area is 201 Å². The standard InChI is InChI=1S/C27H23BrN4O/c1-2-18-8-10-19(11-9-18)24-16-25(20-12-14-21(28)15-13-20)32-26(31-24)23(17-29-32)27(33)30-22-6-4-3-5-7-22/h3-17,25,31H,2H2,1H3,(H,30,33). The first-order valence-corrected chi connectivity index (χ1v) is 11.7. The van der Waals surface area contributed by atoms with E-state index < -0.39 is 0 Å². The third-order valence-corrected chi connectivity index (χ3v) is 6.33. The van der Waals surface area contributed by atoms with Crippen LogP contribution in [0.25, 0.3) is 5.70 Å². The number of fused-ring (bicyclic) bond motifs is 1. The van der Waals surface area contributed by atoms with Crippen LogP contribution in [0.15, 0.2) is 95.6 Å². The van der Waals surface area contributed by atoms with Crippen molar-refractivity contribution in [3.8, 4) is 0 Å². The van der Waals surface area contributed by atoms with Crippen LogP contribution in [-0.4, -0.2) is 15.7 Å². The summed E-state index contributed by atoms with van der Waals surface area (Å²) in [5, 5.41) is 11.0. The van der Waals surface area contributed by atoms with Crippen molar-refractivity contribution in [2.75, 3.05) is 10.6 Å². The van der Waals surface area contributed by atoms with Crippen LogP contribution < -0.4 is 10.6 Å². The van der Waals surface area contributed by atoms with Gasteiger partial charge in [-0.25, -0.2) is 4.68 Å². The van der Waals surface area contributed by atoms with Crippen molar-refractivity contribution in [3.63, 3.8) is 0 Å². The van der Waals surface area contributed by atoms with E-state index in [0.29, 0.717) is 11.4 Å². The zero-order valence-corrected chi connectivity index (χ0v) is 19.7. The van der Waals surface area contributed by atoms with Crippen molar-refractivity contribution >= 4 is 39.0 Å². The van der Waals surface area contributed by atoms with Crippen LogP contribution in [0.2, 0.25) is 0 Å². The first-order chi connectivity index (χ1) is 16.1. The van der Waals surface area contributed by atoms with Gasteiger partial charge in [-0.05, 0) is 53.5 Å². The van der Waals surface area contributed by atoms with Crippen molar-refractivity contribution in [2.24, 2.45) is 0 Å². The summed E-state index contributed by atoms with van der Waals surface area (Å²) in [6.45, 7) is 2.15. The van der Waals surface area contributed by atoms with Gasteiger partial charge < -0.3 is 10.6 Å². The highest BCUT2D eigenvalue weighted by Crippen LogP contribution is 2.36. The molecular weight excluding hydrogens is 476 g/mol. The Morgan fingerprint density at radius 3 is 2.45 bits per heavy atom. The maximum atomic E-state index is 13.1. The highest BCUT2D eigenvalue weighted by atomic mass is 79.9. The predicted molar refractivity (Wildman–Crippen MR) is 136 cm³/mol. The first-order valence-electron chi connectivity index (χ1n) is 10.9. The fraction of sp³-hybridized carbons (Fsp3) is 0.111. The second-order valence-electron chi connectivity index (χ2n) is 7.92. The lowest BCUT2D eigenvalue weighted by molar-refractivity contribution is 0.102. The van der Waals surface area contributed by atoms with E-state index in [2.05, 4.69) is 81.1 Å². The number of amides is 1. The van der Waals surface area contributed by atoms with E-state index >= 15 is 0 Å². The molecule has 5 nitrogen and oxygen atoms in total. The van der Waals surface area contributed by atoms with Crippen molar-refractivity contribution in [1.82, 2.24) is 9.78 Å². The van der Waals surface area contributed by atoms with E-state index in [0.717, 1.165) is 33.4 Å². The lowest BCUT2D eigenvalue weighted by Crippen LogP contribution is -2.22. The fourth-order valence-electron chi connectivity index (χ4n) is 3.97. The minimum Gasteiger partial charge on any atom is -0.339 e. The molecule has 1 aromatic heterocycles. The summed E-state index contributed by atoms with van der Waals surface area (Å²) in [5.74, 6) is 0.473. The van der Waals surface area contributed by atoms with Crippen LogP contribution in [0.4, 0.5) is 11.5 Å². The Balaban J connectivity index is 1.55. The van der Waals surface area contributed by atoms with Crippen LogP contribution in [0.5, 0.6) is 0 Å². The zero-order valence-electron chi connectivity index (χ0n) is 18.1. The fourth-order valence-corrected chi connectivity index (χ4v) is 4.23. The molecule has 0 saturated carbocycles. The number of allylic oxidation sites excluding steroid dienone is 1. The molecule has 0 bridgehead atoms. The molecule has 0 fully saturated rings. The lowest BCUT2D eigenvalue weighted by Gasteiger charge is -2.26. The molecule has 0 aliphatic carbocycles. The number of carbonyl (C=O) groups is 1. The number of nitrogens with one attached hydrogen (secondary N) is 2. The summed E-state index contributed by atoms with van der Waals surface area (Å²) in [6, 6.07) is 26.0. The molecule has 0 saturated heterocycles. The maximum Gasteiger partial charge on any atom is 0.261 e. The third-order valence-electron chi connectivity index (χ3n) is 5.80. The maximum absolute atomic E-state index is 13.1. The Kier molecular flexibility index (Phi) is 5.84. The van der Waals surface area contributed by atoms with Crippen molar-refractivity contribution in [3.05, 3.63) is 118 Å². The smallest absolute Gasteiger partial charge is 0.261 e. The number of halogens is 1. The molecule has 2 N–H and O–H groups in total. The largest absolute Gasteiger partial charge is 0.339 e. The quantitative estimate of drug-likeness (QED) is 0.329. The molecule has 2 heterocycles. The highest BCUT2D eigenvalue weighted by Gasteiger charge is 2.28. The van der Waals surface area contributed by atoms with Crippen molar-refractivity contribution in [1.29, 1.82) is 0 Å². The minimum absolute atomic E-state index is 0.145. The Morgan fingerprint density at radius 1 is 1.03 bits per heavy atom. The van der Waals surface area contributed by atoms with Gasteiger partial charge in [-0.2, -0.15) is 5.10 Å². The number of anilines is 2. The number of nitrogens with zero attached hydrogens (tertiary/aromatic N) is 2. The average Bonchev–Trinajstić information content (AvgIpc) is 3.29. The van der Waals surface area contributed by atoms with E-state index in [-0.39, 0.29) is 11.9 Å². The number of carbonyl (C=O) groups excluding carboxylic acids is 1. The van der Waals surface area contributed by atoms with Gasteiger partial charge in [0.1, 0.15) is 11.4 Å². The van der Waals surface area contributed by atoms with Crippen molar-refractivity contribution < 1.29 is 4.79 Å². The molecule has 4 aromatic rings. The lowest BCUT2D eigenvalue weighted by atomic mass is 10.00. The first kappa shape index (κ1) is 21.2. The summed E-state index contributed by atoms with van der Waals surface area (Å²) < 4.78 is 2.88. The topological polar surface area (TPSA) is 59.0 Å². The summed E-state index contributed by atoms with van der Waals surface area (Å²) in [5.41, 5.74) is 5.63. The molecule has 0 spiro atoms. The van der Waals surface area contributed by atoms with E-state index in [1.54, 1.807) is 6.20 Å². The molecular formula is C27H23BrN4O. The summed E-state index contributed by atoms with van der Waals surface area (Å²) in [4.78, 5) is 13.1. The van der Waals surface area contributed by atoms with Gasteiger partial charge in [-0.15, -0.1) is 0 Å². The SMILES string of the molecule is CCc1ccc(C2=CC(c3ccc(Br)cc3)n3ncc(C(=O)Nc4ccccc4)c3N2)cc1. The van der Waals surface area contributed by atoms with Crippen molar-refractivity contribution in [2.45, 2.75) is 19.4 Å².